The molecule has 0 saturated heterocycles. The van der Waals surface area contributed by atoms with Crippen molar-refractivity contribution in [3.63, 3.8) is 0 Å². The summed E-state index contributed by atoms with van der Waals surface area (Å²) in [6.07, 6.45) is 6.40. The molecule has 0 aromatic carbocycles. The van der Waals surface area contributed by atoms with E-state index in [0.29, 0.717) is 10.7 Å². The van der Waals surface area contributed by atoms with Gasteiger partial charge in [0.1, 0.15) is 10.7 Å². The monoisotopic (exact) mass is 247 g/mol. The van der Waals surface area contributed by atoms with Crippen molar-refractivity contribution >= 4 is 17.6 Å². The number of pyridine rings is 1. The van der Waals surface area contributed by atoms with E-state index in [1.165, 1.54) is 11.8 Å². The van der Waals surface area contributed by atoms with Crippen LogP contribution in [0, 0.1) is 0 Å². The van der Waals surface area contributed by atoms with Gasteiger partial charge in [0.15, 0.2) is 5.84 Å². The van der Waals surface area contributed by atoms with Gasteiger partial charge in [0, 0.05) is 23.5 Å². The first-order chi connectivity index (χ1) is 8.31. The smallest absolute Gasteiger partial charge is 0.189 e. The lowest BCUT2D eigenvalue weighted by molar-refractivity contribution is 0.318. The quantitative estimate of drug-likeness (QED) is 0.365. The largest absolute Gasteiger partial charge is 0.409 e. The molecule has 0 unspecified atom stereocenters. The molecule has 86 valence electrons. The molecule has 0 aliphatic rings. The van der Waals surface area contributed by atoms with Crippen molar-refractivity contribution in [1.82, 2.24) is 15.0 Å². The molecule has 2 aromatic rings. The third kappa shape index (κ3) is 2.70. The first kappa shape index (κ1) is 11.3. The van der Waals surface area contributed by atoms with E-state index in [1.807, 2.05) is 6.07 Å². The van der Waals surface area contributed by atoms with Gasteiger partial charge in [-0.2, -0.15) is 0 Å². The number of nitrogens with two attached hydrogens (primary N) is 1. The molecule has 0 amide bonds. The summed E-state index contributed by atoms with van der Waals surface area (Å²) in [7, 11) is 0. The molecule has 2 heterocycles. The standard InChI is InChI=1S/C10H9N5OS/c11-10(15-16)9-7(2-1-3-14-9)17-8-6-12-4-5-13-8/h1-6,16H,(H2,11,15). The van der Waals surface area contributed by atoms with E-state index in [-0.39, 0.29) is 5.84 Å². The Labute approximate surface area is 102 Å². The molecule has 0 saturated carbocycles. The molecule has 0 fully saturated rings. The zero-order valence-corrected chi connectivity index (χ0v) is 9.50. The van der Waals surface area contributed by atoms with Crippen LogP contribution in [0.15, 0.2) is 52.0 Å². The van der Waals surface area contributed by atoms with Gasteiger partial charge in [0.25, 0.3) is 0 Å². The van der Waals surface area contributed by atoms with Crippen LogP contribution >= 0.6 is 11.8 Å². The van der Waals surface area contributed by atoms with Crippen LogP contribution < -0.4 is 5.73 Å². The van der Waals surface area contributed by atoms with Crippen LogP contribution in [0.25, 0.3) is 0 Å². The SMILES string of the molecule is N/C(=N/O)c1ncccc1Sc1cnccn1. The molecule has 6 nitrogen and oxygen atoms in total. The van der Waals surface area contributed by atoms with E-state index in [0.717, 1.165) is 4.90 Å². The van der Waals surface area contributed by atoms with Crippen LogP contribution in [0.5, 0.6) is 0 Å². The molecule has 0 radical (unpaired) electrons. The van der Waals surface area contributed by atoms with Crippen LogP contribution in [0.3, 0.4) is 0 Å². The van der Waals surface area contributed by atoms with Crippen LogP contribution in [-0.4, -0.2) is 26.0 Å². The van der Waals surface area contributed by atoms with Crippen molar-refractivity contribution < 1.29 is 5.21 Å². The zero-order valence-electron chi connectivity index (χ0n) is 8.69. The van der Waals surface area contributed by atoms with E-state index in [9.17, 15) is 0 Å². The van der Waals surface area contributed by atoms with Gasteiger partial charge < -0.3 is 10.9 Å². The van der Waals surface area contributed by atoms with E-state index < -0.39 is 0 Å². The fraction of sp³-hybridized carbons (Fsp3) is 0. The van der Waals surface area contributed by atoms with E-state index >= 15 is 0 Å². The molecule has 0 aliphatic carbocycles. The second-order valence-corrected chi connectivity index (χ2v) is 4.04. The highest BCUT2D eigenvalue weighted by atomic mass is 32.2. The molecule has 0 spiro atoms. The van der Waals surface area contributed by atoms with Crippen LogP contribution in [0.2, 0.25) is 0 Å². The van der Waals surface area contributed by atoms with Gasteiger partial charge in [-0.25, -0.2) is 4.98 Å². The third-order valence-electron chi connectivity index (χ3n) is 1.88. The second kappa shape index (κ2) is 5.26. The predicted molar refractivity (Wildman–Crippen MR) is 62.9 cm³/mol. The minimum absolute atomic E-state index is 0.0306. The Morgan fingerprint density at radius 3 is 2.88 bits per heavy atom. The Kier molecular flexibility index (Phi) is 3.51. The van der Waals surface area contributed by atoms with Gasteiger partial charge in [-0.3, -0.25) is 9.97 Å². The van der Waals surface area contributed by atoms with Crippen molar-refractivity contribution in [2.24, 2.45) is 10.9 Å². The van der Waals surface area contributed by atoms with E-state index in [1.54, 1.807) is 30.9 Å². The van der Waals surface area contributed by atoms with Crippen LogP contribution in [0.1, 0.15) is 5.69 Å². The summed E-state index contributed by atoms with van der Waals surface area (Å²) in [5.41, 5.74) is 5.96. The average molecular weight is 247 g/mol. The number of nitrogens with zero attached hydrogens (tertiary/aromatic N) is 4. The molecule has 7 heteroatoms. The molecular weight excluding hydrogens is 238 g/mol. The van der Waals surface area contributed by atoms with Gasteiger partial charge in [0.2, 0.25) is 0 Å². The summed E-state index contributed by atoms with van der Waals surface area (Å²) in [5, 5.41) is 12.3. The molecule has 2 rings (SSSR count). The molecule has 0 aliphatic heterocycles. The molecular formula is C10H9N5OS. The highest BCUT2D eigenvalue weighted by molar-refractivity contribution is 7.99. The molecule has 2 aromatic heterocycles. The lowest BCUT2D eigenvalue weighted by atomic mass is 10.3. The zero-order chi connectivity index (χ0) is 12.1. The number of rotatable bonds is 3. The molecule has 0 atom stereocenters. The summed E-state index contributed by atoms with van der Waals surface area (Å²) in [4.78, 5) is 12.9. The van der Waals surface area contributed by atoms with Crippen LogP contribution in [0.4, 0.5) is 0 Å². The van der Waals surface area contributed by atoms with Gasteiger partial charge in [-0.15, -0.1) is 0 Å². The first-order valence-corrected chi connectivity index (χ1v) is 5.49. The normalized spacial score (nSPS) is 11.4. The lowest BCUT2D eigenvalue weighted by Gasteiger charge is -2.05. The fourth-order valence-electron chi connectivity index (χ4n) is 1.16. The minimum atomic E-state index is -0.0306. The summed E-state index contributed by atoms with van der Waals surface area (Å²) < 4.78 is 0. The lowest BCUT2D eigenvalue weighted by Crippen LogP contribution is -2.16. The Morgan fingerprint density at radius 1 is 1.29 bits per heavy atom. The van der Waals surface area contributed by atoms with Crippen molar-refractivity contribution in [1.29, 1.82) is 0 Å². The highest BCUT2D eigenvalue weighted by Crippen LogP contribution is 2.26. The number of aromatic nitrogens is 3. The van der Waals surface area contributed by atoms with Crippen molar-refractivity contribution in [2.75, 3.05) is 0 Å². The average Bonchev–Trinajstić information content (AvgIpc) is 2.40. The number of hydrogen-bond acceptors (Lipinski definition) is 6. The molecule has 3 N–H and O–H groups in total. The van der Waals surface area contributed by atoms with Crippen molar-refractivity contribution in [3.05, 3.63) is 42.6 Å². The Bertz CT molecular complexity index is 531. The maximum Gasteiger partial charge on any atom is 0.189 e. The Morgan fingerprint density at radius 2 is 2.18 bits per heavy atom. The Hall–Kier alpha value is -2.15. The topological polar surface area (TPSA) is 97.3 Å². The number of amidine groups is 1. The summed E-state index contributed by atoms with van der Waals surface area (Å²) >= 11 is 1.35. The van der Waals surface area contributed by atoms with Crippen LogP contribution in [-0.2, 0) is 0 Å². The maximum atomic E-state index is 8.66. The third-order valence-corrected chi connectivity index (χ3v) is 2.84. The summed E-state index contributed by atoms with van der Waals surface area (Å²) in [6, 6.07) is 3.59. The van der Waals surface area contributed by atoms with Gasteiger partial charge in [0.05, 0.1) is 6.20 Å². The molecule has 0 bridgehead atoms. The summed E-state index contributed by atoms with van der Waals surface area (Å²) in [6.45, 7) is 0. The number of oxime groups is 1. The fourth-order valence-corrected chi connectivity index (χ4v) is 2.02. The van der Waals surface area contributed by atoms with Crippen molar-refractivity contribution in [2.45, 2.75) is 9.92 Å². The minimum Gasteiger partial charge on any atom is -0.409 e. The van der Waals surface area contributed by atoms with Gasteiger partial charge in [-0.1, -0.05) is 16.9 Å². The number of hydrogen-bond donors (Lipinski definition) is 2. The van der Waals surface area contributed by atoms with E-state index in [4.69, 9.17) is 10.9 Å². The van der Waals surface area contributed by atoms with Gasteiger partial charge >= 0.3 is 0 Å². The second-order valence-electron chi connectivity index (χ2n) is 2.98. The predicted octanol–water partition coefficient (Wildman–Crippen LogP) is 1.12. The maximum absolute atomic E-state index is 8.66. The molecule has 17 heavy (non-hydrogen) atoms. The first-order valence-electron chi connectivity index (χ1n) is 4.68. The summed E-state index contributed by atoms with van der Waals surface area (Å²) in [5.74, 6) is -0.0306. The van der Waals surface area contributed by atoms with E-state index in [2.05, 4.69) is 20.1 Å². The van der Waals surface area contributed by atoms with Gasteiger partial charge in [-0.05, 0) is 12.1 Å². The highest BCUT2D eigenvalue weighted by Gasteiger charge is 2.09. The Balaban J connectivity index is 2.33. The van der Waals surface area contributed by atoms with Crippen molar-refractivity contribution in [3.8, 4) is 0 Å².